The number of anilines is 4. The third-order valence-corrected chi connectivity index (χ3v) is 5.81. The molecule has 0 aliphatic carbocycles. The second-order valence-corrected chi connectivity index (χ2v) is 8.94. The summed E-state index contributed by atoms with van der Waals surface area (Å²) in [5.74, 6) is 0. The van der Waals surface area contributed by atoms with Gasteiger partial charge >= 0.3 is 6.03 Å². The van der Waals surface area contributed by atoms with Gasteiger partial charge < -0.3 is 20.5 Å². The molecule has 8 nitrogen and oxygen atoms in total. The lowest BCUT2D eigenvalue weighted by atomic mass is 9.86. The molecule has 1 aromatic heterocycles. The third kappa shape index (κ3) is 5.14. The minimum absolute atomic E-state index is 0.121. The maximum absolute atomic E-state index is 12.6. The smallest absolute Gasteiger partial charge is 0.323 e. The van der Waals surface area contributed by atoms with Crippen LogP contribution in [0, 0.1) is 18.3 Å². The first-order valence-electron chi connectivity index (χ1n) is 11.1. The normalized spacial score (nSPS) is 11.1. The molecule has 0 aliphatic heterocycles. The fraction of sp³-hybridized carbons (Fsp3) is 0.185. The van der Waals surface area contributed by atoms with Crippen LogP contribution >= 0.6 is 0 Å². The zero-order valence-electron chi connectivity index (χ0n) is 20.0. The summed E-state index contributed by atoms with van der Waals surface area (Å²) < 4.78 is 1.44. The summed E-state index contributed by atoms with van der Waals surface area (Å²) in [7, 11) is 1.67. The minimum Gasteiger partial charge on any atom is -0.355 e. The van der Waals surface area contributed by atoms with Crippen molar-refractivity contribution >= 4 is 39.7 Å². The molecule has 0 bridgehead atoms. The molecule has 0 atom stereocenters. The predicted octanol–water partition coefficient (Wildman–Crippen LogP) is 5.43. The van der Waals surface area contributed by atoms with Crippen molar-refractivity contribution in [3.8, 4) is 6.07 Å². The fourth-order valence-electron chi connectivity index (χ4n) is 3.62. The van der Waals surface area contributed by atoms with Gasteiger partial charge in [0.1, 0.15) is 0 Å². The largest absolute Gasteiger partial charge is 0.355 e. The number of aromatic nitrogens is 2. The van der Waals surface area contributed by atoms with Crippen molar-refractivity contribution in [1.82, 2.24) is 9.55 Å². The van der Waals surface area contributed by atoms with Gasteiger partial charge in [0.05, 0.1) is 28.7 Å². The molecule has 4 aromatic rings. The maximum Gasteiger partial charge on any atom is 0.323 e. The average molecular weight is 467 g/mol. The summed E-state index contributed by atoms with van der Waals surface area (Å²) in [6.45, 7) is 5.62. The van der Waals surface area contributed by atoms with Crippen LogP contribution < -0.4 is 21.5 Å². The van der Waals surface area contributed by atoms with E-state index in [4.69, 9.17) is 0 Å². The number of rotatable bonds is 5. The van der Waals surface area contributed by atoms with E-state index in [0.29, 0.717) is 22.3 Å². The Balaban J connectivity index is 1.51. The molecular weight excluding hydrogens is 440 g/mol. The van der Waals surface area contributed by atoms with Gasteiger partial charge in [0.25, 0.3) is 5.56 Å². The van der Waals surface area contributed by atoms with Crippen molar-refractivity contribution in [3.05, 3.63) is 88.5 Å². The van der Waals surface area contributed by atoms with Gasteiger partial charge in [0.2, 0.25) is 0 Å². The second kappa shape index (κ2) is 9.31. The number of nitrogens with zero attached hydrogens (tertiary/aromatic N) is 3. The lowest BCUT2D eigenvalue weighted by Crippen LogP contribution is -2.20. The van der Waals surface area contributed by atoms with E-state index in [0.717, 1.165) is 22.5 Å². The number of carbonyl (C=O) groups is 1. The van der Waals surface area contributed by atoms with Crippen LogP contribution in [0.15, 0.2) is 71.8 Å². The van der Waals surface area contributed by atoms with Crippen LogP contribution in [0.1, 0.15) is 25.0 Å². The maximum atomic E-state index is 12.6. The Morgan fingerprint density at radius 3 is 2.46 bits per heavy atom. The molecule has 0 saturated heterocycles. The number of benzene rings is 3. The summed E-state index contributed by atoms with van der Waals surface area (Å²) in [4.78, 5) is 29.4. The number of nitriles is 1. The van der Waals surface area contributed by atoms with Crippen LogP contribution in [0.2, 0.25) is 0 Å². The van der Waals surface area contributed by atoms with Crippen molar-refractivity contribution in [3.63, 3.8) is 0 Å². The number of amides is 2. The van der Waals surface area contributed by atoms with Gasteiger partial charge in [-0.05, 0) is 74.4 Å². The second-order valence-electron chi connectivity index (χ2n) is 8.94. The quantitative estimate of drug-likeness (QED) is 0.363. The Morgan fingerprint density at radius 1 is 1.00 bits per heavy atom. The monoisotopic (exact) mass is 466 g/mol. The molecule has 0 fully saturated rings. The van der Waals surface area contributed by atoms with Gasteiger partial charge in [-0.1, -0.05) is 18.2 Å². The highest BCUT2D eigenvalue weighted by Gasteiger charge is 2.20. The molecule has 3 aromatic carbocycles. The summed E-state index contributed by atoms with van der Waals surface area (Å²) >= 11 is 0. The van der Waals surface area contributed by atoms with Gasteiger partial charge in [0, 0.05) is 29.8 Å². The molecule has 1 heterocycles. The first kappa shape index (κ1) is 23.5. The van der Waals surface area contributed by atoms with Gasteiger partial charge in [-0.25, -0.2) is 9.78 Å². The third-order valence-electron chi connectivity index (χ3n) is 5.81. The van der Waals surface area contributed by atoms with Gasteiger partial charge in [-0.2, -0.15) is 5.26 Å². The summed E-state index contributed by atoms with van der Waals surface area (Å²) in [5, 5.41) is 18.9. The van der Waals surface area contributed by atoms with E-state index < -0.39 is 11.4 Å². The lowest BCUT2D eigenvalue weighted by molar-refractivity contribution is 0.262. The van der Waals surface area contributed by atoms with E-state index in [-0.39, 0.29) is 5.56 Å². The molecule has 176 valence electrons. The van der Waals surface area contributed by atoms with Gasteiger partial charge in [-0.3, -0.25) is 4.79 Å². The summed E-state index contributed by atoms with van der Waals surface area (Å²) in [6, 6.07) is 20.1. The fourth-order valence-corrected chi connectivity index (χ4v) is 3.62. The van der Waals surface area contributed by atoms with Gasteiger partial charge in [0.15, 0.2) is 0 Å². The van der Waals surface area contributed by atoms with E-state index in [1.54, 1.807) is 31.3 Å². The van der Waals surface area contributed by atoms with Crippen LogP contribution in [0.5, 0.6) is 0 Å². The van der Waals surface area contributed by atoms with E-state index >= 15 is 0 Å². The number of carbonyl (C=O) groups excluding carboxylic acids is 1. The van der Waals surface area contributed by atoms with Crippen molar-refractivity contribution in [2.24, 2.45) is 7.05 Å². The highest BCUT2D eigenvalue weighted by molar-refractivity contribution is 6.00. The molecule has 3 N–H and O–H groups in total. The zero-order chi connectivity index (χ0) is 25.2. The Kier molecular flexibility index (Phi) is 6.26. The van der Waals surface area contributed by atoms with Crippen LogP contribution in [0.4, 0.5) is 27.5 Å². The number of nitrogens with one attached hydrogen (secondary N) is 3. The Labute approximate surface area is 203 Å². The Morgan fingerprint density at radius 2 is 1.71 bits per heavy atom. The standard InChI is InChI=1S/C27H26N6O2/c1-17-8-9-21(32-26(35)31-19-7-5-6-18(12-19)27(2,3)15-28)14-24(17)30-20-10-11-23-22(13-20)25(34)33(4)16-29-23/h5-14,16,30H,1-4H3,(H2,31,32,35). The van der Waals surface area contributed by atoms with E-state index in [1.165, 1.54) is 10.9 Å². The molecule has 0 saturated carbocycles. The average Bonchev–Trinajstić information content (AvgIpc) is 2.84. The molecule has 0 spiro atoms. The number of urea groups is 1. The van der Waals surface area contributed by atoms with Crippen molar-refractivity contribution in [2.45, 2.75) is 26.2 Å². The first-order valence-corrected chi connectivity index (χ1v) is 11.1. The van der Waals surface area contributed by atoms with Crippen LogP contribution in [-0.2, 0) is 12.5 Å². The predicted molar refractivity (Wildman–Crippen MR) is 139 cm³/mol. The van der Waals surface area contributed by atoms with Crippen molar-refractivity contribution in [2.75, 3.05) is 16.0 Å². The SMILES string of the molecule is Cc1ccc(NC(=O)Nc2cccc(C(C)(C)C#N)c2)cc1Nc1ccc2ncn(C)c(=O)c2c1. The molecular formula is C27H26N6O2. The highest BCUT2D eigenvalue weighted by Crippen LogP contribution is 2.27. The molecule has 8 heteroatoms. The van der Waals surface area contributed by atoms with E-state index in [2.05, 4.69) is 27.0 Å². The number of hydrogen-bond acceptors (Lipinski definition) is 5. The van der Waals surface area contributed by atoms with E-state index in [9.17, 15) is 14.9 Å². The lowest BCUT2D eigenvalue weighted by Gasteiger charge is -2.17. The Bertz CT molecular complexity index is 1530. The van der Waals surface area contributed by atoms with Crippen molar-refractivity contribution in [1.29, 1.82) is 5.26 Å². The number of hydrogen-bond donors (Lipinski definition) is 3. The number of aryl methyl sites for hydroxylation is 2. The number of fused-ring (bicyclic) bond motifs is 1. The molecule has 2 amide bonds. The molecule has 0 radical (unpaired) electrons. The zero-order valence-corrected chi connectivity index (χ0v) is 20.0. The van der Waals surface area contributed by atoms with Crippen LogP contribution in [0.25, 0.3) is 10.9 Å². The van der Waals surface area contributed by atoms with Crippen LogP contribution in [0.3, 0.4) is 0 Å². The topological polar surface area (TPSA) is 112 Å². The minimum atomic E-state index is -0.658. The summed E-state index contributed by atoms with van der Waals surface area (Å²) in [5.41, 5.74) is 4.37. The van der Waals surface area contributed by atoms with E-state index in [1.807, 2.05) is 57.2 Å². The molecule has 35 heavy (non-hydrogen) atoms. The summed E-state index contributed by atoms with van der Waals surface area (Å²) in [6.07, 6.45) is 1.50. The highest BCUT2D eigenvalue weighted by atomic mass is 16.2. The van der Waals surface area contributed by atoms with Gasteiger partial charge in [-0.15, -0.1) is 0 Å². The molecule has 4 rings (SSSR count). The molecule has 0 aliphatic rings. The first-order chi connectivity index (χ1) is 16.7. The Hall–Kier alpha value is -4.64. The van der Waals surface area contributed by atoms with Crippen molar-refractivity contribution < 1.29 is 4.79 Å². The van der Waals surface area contributed by atoms with Crippen LogP contribution in [-0.4, -0.2) is 15.6 Å². The molecule has 0 unspecified atom stereocenters.